The van der Waals surface area contributed by atoms with Crippen LogP contribution in [-0.4, -0.2) is 0 Å². The molecule has 59 heavy (non-hydrogen) atoms. The van der Waals surface area contributed by atoms with Crippen LogP contribution in [0.1, 0.15) is 106 Å². The molecule has 0 radical (unpaired) electrons. The van der Waals surface area contributed by atoms with Gasteiger partial charge in [-0.05, 0) is 159 Å². The summed E-state index contributed by atoms with van der Waals surface area (Å²) in [7, 11) is 0. The molecule has 0 spiro atoms. The molecular weight excluding hydrogens is 711 g/mol. The third-order valence-electron chi connectivity index (χ3n) is 15.0. The zero-order valence-corrected chi connectivity index (χ0v) is 34.7. The first-order chi connectivity index (χ1) is 29.0. The number of hydrogen-bond acceptors (Lipinski definition) is 1. The largest absolute Gasteiger partial charge is 0.310 e. The molecule has 1 heteroatoms. The normalized spacial score (nSPS) is 20.3. The fourth-order valence-corrected chi connectivity index (χ4v) is 12.1. The number of hydrogen-bond donors (Lipinski definition) is 0. The van der Waals surface area contributed by atoms with E-state index in [9.17, 15) is 0 Å². The number of fused-ring (bicyclic) bond motifs is 5. The van der Waals surface area contributed by atoms with Crippen molar-refractivity contribution in [3.8, 4) is 44.5 Å². The molecule has 7 aromatic carbocycles. The van der Waals surface area contributed by atoms with Gasteiger partial charge < -0.3 is 4.90 Å². The Bertz CT molecular complexity index is 2630. The highest BCUT2D eigenvalue weighted by molar-refractivity contribution is 5.94. The molecule has 3 atom stereocenters. The van der Waals surface area contributed by atoms with Crippen LogP contribution in [0.15, 0.2) is 164 Å². The van der Waals surface area contributed by atoms with Gasteiger partial charge in [-0.3, -0.25) is 0 Å². The van der Waals surface area contributed by atoms with E-state index in [0.717, 1.165) is 17.8 Å². The van der Waals surface area contributed by atoms with E-state index in [-0.39, 0.29) is 5.41 Å². The van der Waals surface area contributed by atoms with Crippen LogP contribution in [0.5, 0.6) is 0 Å². The van der Waals surface area contributed by atoms with Gasteiger partial charge in [0.25, 0.3) is 0 Å². The summed E-state index contributed by atoms with van der Waals surface area (Å²) in [6, 6.07) is 62.4. The van der Waals surface area contributed by atoms with Gasteiger partial charge >= 0.3 is 0 Å². The molecule has 11 rings (SSSR count). The lowest BCUT2D eigenvalue weighted by atomic mass is 9.78. The van der Waals surface area contributed by atoms with Crippen LogP contribution in [-0.2, 0) is 5.41 Å². The second-order valence-electron chi connectivity index (χ2n) is 18.7. The Balaban J connectivity index is 0.996. The van der Waals surface area contributed by atoms with Gasteiger partial charge in [0.1, 0.15) is 0 Å². The Labute approximate surface area is 351 Å². The average molecular weight is 766 g/mol. The highest BCUT2D eigenvalue weighted by Crippen LogP contribution is 2.56. The van der Waals surface area contributed by atoms with E-state index >= 15 is 0 Å². The van der Waals surface area contributed by atoms with Crippen molar-refractivity contribution in [3.05, 3.63) is 186 Å². The van der Waals surface area contributed by atoms with Gasteiger partial charge in [0.05, 0.1) is 0 Å². The minimum absolute atomic E-state index is 0.203. The molecule has 0 heterocycles. The third kappa shape index (κ3) is 6.37. The van der Waals surface area contributed by atoms with Crippen molar-refractivity contribution in [1.82, 2.24) is 0 Å². The quantitative estimate of drug-likeness (QED) is 0.149. The Morgan fingerprint density at radius 2 is 1.07 bits per heavy atom. The monoisotopic (exact) mass is 765 g/mol. The maximum absolute atomic E-state index is 2.51. The molecular formula is C58H55N. The van der Waals surface area contributed by atoms with E-state index < -0.39 is 0 Å². The van der Waals surface area contributed by atoms with E-state index in [4.69, 9.17) is 0 Å². The van der Waals surface area contributed by atoms with Gasteiger partial charge in [-0.2, -0.15) is 0 Å². The van der Waals surface area contributed by atoms with Crippen LogP contribution >= 0.6 is 0 Å². The van der Waals surface area contributed by atoms with Crippen molar-refractivity contribution in [2.75, 3.05) is 4.90 Å². The molecule has 4 aliphatic rings. The SMILES string of the molecule is CC1(C)c2cc(N(c3ccc(-c4ccccc4C4CCCCC4)cc3)c3ccc(C4CC5CCC4C5)cc3)ccc2-c2cccc(-c3ccccc3-c3ccccc3)c21. The number of nitrogens with zero attached hydrogens (tertiary/aromatic N) is 1. The highest BCUT2D eigenvalue weighted by atomic mass is 15.1. The second-order valence-corrected chi connectivity index (χ2v) is 18.7. The summed E-state index contributed by atoms with van der Waals surface area (Å²) in [4.78, 5) is 2.51. The molecule has 3 saturated carbocycles. The molecule has 0 amide bonds. The van der Waals surface area contributed by atoms with Gasteiger partial charge in [0.15, 0.2) is 0 Å². The van der Waals surface area contributed by atoms with Crippen LogP contribution in [0, 0.1) is 11.8 Å². The van der Waals surface area contributed by atoms with Crippen molar-refractivity contribution in [1.29, 1.82) is 0 Å². The molecule has 0 saturated heterocycles. The van der Waals surface area contributed by atoms with E-state index in [0.29, 0.717) is 5.92 Å². The Morgan fingerprint density at radius 3 is 1.78 bits per heavy atom. The predicted molar refractivity (Wildman–Crippen MR) is 249 cm³/mol. The number of rotatable bonds is 8. The van der Waals surface area contributed by atoms with Gasteiger partial charge in [-0.15, -0.1) is 0 Å². The number of anilines is 3. The van der Waals surface area contributed by atoms with Crippen molar-refractivity contribution < 1.29 is 0 Å². The smallest absolute Gasteiger partial charge is 0.0465 e. The van der Waals surface area contributed by atoms with Gasteiger partial charge in [-0.25, -0.2) is 0 Å². The van der Waals surface area contributed by atoms with E-state index in [1.165, 1.54) is 142 Å². The Hall–Kier alpha value is -5.66. The average Bonchev–Trinajstić information content (AvgIpc) is 4.00. The summed E-state index contributed by atoms with van der Waals surface area (Å²) in [5, 5.41) is 0. The lowest BCUT2D eigenvalue weighted by molar-refractivity contribution is 0.420. The third-order valence-corrected chi connectivity index (χ3v) is 15.0. The topological polar surface area (TPSA) is 3.24 Å². The van der Waals surface area contributed by atoms with Crippen molar-refractivity contribution in [3.63, 3.8) is 0 Å². The van der Waals surface area contributed by atoms with Gasteiger partial charge in [-0.1, -0.05) is 167 Å². The van der Waals surface area contributed by atoms with E-state index in [2.05, 4.69) is 183 Å². The fourth-order valence-electron chi connectivity index (χ4n) is 12.1. The minimum atomic E-state index is -0.203. The van der Waals surface area contributed by atoms with Gasteiger partial charge in [0.2, 0.25) is 0 Å². The summed E-state index contributed by atoms with van der Waals surface area (Å²) in [5.74, 6) is 3.20. The molecule has 3 unspecified atom stereocenters. The maximum Gasteiger partial charge on any atom is 0.0465 e. The molecule has 0 N–H and O–H groups in total. The summed E-state index contributed by atoms with van der Waals surface area (Å²) in [6.07, 6.45) is 12.3. The molecule has 292 valence electrons. The first-order valence-corrected chi connectivity index (χ1v) is 22.5. The van der Waals surface area contributed by atoms with Crippen LogP contribution in [0.25, 0.3) is 44.5 Å². The number of benzene rings is 7. The first-order valence-electron chi connectivity index (χ1n) is 22.5. The molecule has 4 aliphatic carbocycles. The van der Waals surface area contributed by atoms with Crippen LogP contribution in [0.4, 0.5) is 17.1 Å². The van der Waals surface area contributed by atoms with Crippen LogP contribution in [0.2, 0.25) is 0 Å². The molecule has 2 bridgehead atoms. The molecule has 0 aliphatic heterocycles. The first kappa shape index (κ1) is 36.4. The van der Waals surface area contributed by atoms with Gasteiger partial charge in [0, 0.05) is 22.5 Å². The van der Waals surface area contributed by atoms with Crippen molar-refractivity contribution in [2.45, 2.75) is 88.9 Å². The van der Waals surface area contributed by atoms with Crippen LogP contribution < -0.4 is 4.90 Å². The Kier molecular flexibility index (Phi) is 9.18. The standard InChI is InChI=1S/C58H55N/c1-58(2)56-38-47(34-35-52(56)54-23-13-22-53(57(54)58)51-21-12-11-20-50(51)41-16-7-4-8-17-41)59(46-32-28-43(29-33-46)55-37-39-24-25-44(55)36-39)45-30-26-42(27-31-45)49-19-10-9-18-48(49)40-14-5-3-6-15-40/h4,7-13,16-23,26-35,38-40,44,55H,3,5-6,14-15,24-25,36-37H2,1-2H3. The van der Waals surface area contributed by atoms with E-state index in [1.54, 1.807) is 0 Å². The van der Waals surface area contributed by atoms with Crippen LogP contribution in [0.3, 0.4) is 0 Å². The fraction of sp³-hybridized carbons (Fsp3) is 0.276. The molecule has 1 nitrogen and oxygen atoms in total. The maximum atomic E-state index is 2.51. The zero-order chi connectivity index (χ0) is 39.5. The lowest BCUT2D eigenvalue weighted by Gasteiger charge is -2.30. The summed E-state index contributed by atoms with van der Waals surface area (Å²) < 4.78 is 0. The predicted octanol–water partition coefficient (Wildman–Crippen LogP) is 16.4. The molecule has 3 fully saturated rings. The molecule has 0 aromatic heterocycles. The zero-order valence-electron chi connectivity index (χ0n) is 34.7. The highest BCUT2D eigenvalue weighted by Gasteiger charge is 2.41. The Morgan fingerprint density at radius 1 is 0.458 bits per heavy atom. The summed E-state index contributed by atoms with van der Waals surface area (Å²) in [6.45, 7) is 4.87. The lowest BCUT2D eigenvalue weighted by Crippen LogP contribution is -2.18. The minimum Gasteiger partial charge on any atom is -0.310 e. The summed E-state index contributed by atoms with van der Waals surface area (Å²) in [5.41, 5.74) is 19.8. The summed E-state index contributed by atoms with van der Waals surface area (Å²) >= 11 is 0. The van der Waals surface area contributed by atoms with Crippen molar-refractivity contribution >= 4 is 17.1 Å². The second kappa shape index (κ2) is 14.9. The van der Waals surface area contributed by atoms with Crippen molar-refractivity contribution in [2.24, 2.45) is 11.8 Å². The molecule has 7 aromatic rings. The van der Waals surface area contributed by atoms with E-state index in [1.807, 2.05) is 0 Å².